The molecule has 228 valence electrons. The van der Waals surface area contributed by atoms with Gasteiger partial charge in [0.2, 0.25) is 0 Å². The lowest BCUT2D eigenvalue weighted by Gasteiger charge is -2.46. The number of aliphatic hydroxyl groups excluding tert-OH is 7. The van der Waals surface area contributed by atoms with Crippen molar-refractivity contribution in [2.45, 2.75) is 61.2 Å². The summed E-state index contributed by atoms with van der Waals surface area (Å²) in [6.07, 6.45) is -17.4. The molecule has 2 saturated heterocycles. The first kappa shape index (κ1) is 30.1. The van der Waals surface area contributed by atoms with Crippen LogP contribution in [0, 0.1) is 0 Å². The van der Waals surface area contributed by atoms with Gasteiger partial charge in [0.25, 0.3) is 0 Å². The van der Waals surface area contributed by atoms with Crippen molar-refractivity contribution in [2.24, 2.45) is 0 Å². The van der Waals surface area contributed by atoms with Gasteiger partial charge in [-0.1, -0.05) is 0 Å². The van der Waals surface area contributed by atoms with Gasteiger partial charge in [0, 0.05) is 17.7 Å². The lowest BCUT2D eigenvalue weighted by Crippen LogP contribution is -2.62. The van der Waals surface area contributed by atoms with E-state index >= 15 is 0 Å². The Bertz CT molecular complexity index is 1470. The average molecular weight is 595 g/mol. The van der Waals surface area contributed by atoms with E-state index in [4.69, 9.17) is 18.6 Å². The van der Waals surface area contributed by atoms with Crippen molar-refractivity contribution in [1.82, 2.24) is 0 Å². The Morgan fingerprint density at radius 2 is 1.38 bits per heavy atom. The first-order valence-corrected chi connectivity index (χ1v) is 12.9. The summed E-state index contributed by atoms with van der Waals surface area (Å²) in [6.45, 7) is -1.62. The van der Waals surface area contributed by atoms with Crippen molar-refractivity contribution in [2.75, 3.05) is 13.2 Å². The minimum Gasteiger partial charge on any atom is -0.508 e. The van der Waals surface area contributed by atoms with Crippen LogP contribution in [0.4, 0.5) is 0 Å². The van der Waals surface area contributed by atoms with Crippen LogP contribution in [-0.2, 0) is 14.2 Å². The molecule has 3 heterocycles. The standard InChI is InChI=1S/C27H30O15/c28-7-15-20(34)23(37)26(42-27-24(38)22(36)19(33)16(8-29)41-27)25(40-15)18-12(32)6-14-17(21(18)35)11(31)5-13(39-14)9-1-3-10(30)4-2-9/h1-6,15-16,19-20,22-30,32-38H,7-8H2/t15-,16-,19+,20+,22-,23-,24-,25-,26+,27-/m0/s1. The molecule has 3 aromatic rings. The van der Waals surface area contributed by atoms with Gasteiger partial charge in [-0.05, 0) is 24.3 Å². The zero-order valence-corrected chi connectivity index (χ0v) is 21.7. The molecule has 2 fully saturated rings. The van der Waals surface area contributed by atoms with Crippen LogP contribution in [-0.4, -0.2) is 119 Å². The van der Waals surface area contributed by atoms with Gasteiger partial charge in [-0.3, -0.25) is 4.79 Å². The van der Waals surface area contributed by atoms with E-state index in [0.717, 1.165) is 12.1 Å². The Balaban J connectivity index is 1.58. The van der Waals surface area contributed by atoms with Gasteiger partial charge in [0.1, 0.15) is 88.9 Å². The first-order valence-electron chi connectivity index (χ1n) is 12.9. The number of fused-ring (bicyclic) bond motifs is 1. The summed E-state index contributed by atoms with van der Waals surface area (Å²) in [5.41, 5.74) is -1.10. The van der Waals surface area contributed by atoms with E-state index in [1.807, 2.05) is 0 Å². The highest BCUT2D eigenvalue weighted by atomic mass is 16.7. The van der Waals surface area contributed by atoms with Gasteiger partial charge in [-0.15, -0.1) is 0 Å². The molecule has 0 radical (unpaired) electrons. The molecule has 0 saturated carbocycles. The van der Waals surface area contributed by atoms with E-state index < -0.39 is 102 Å². The van der Waals surface area contributed by atoms with Gasteiger partial charge >= 0.3 is 0 Å². The summed E-state index contributed by atoms with van der Waals surface area (Å²) >= 11 is 0. The summed E-state index contributed by atoms with van der Waals surface area (Å²) in [6, 6.07) is 7.75. The molecule has 2 aliphatic rings. The Labute approximate surface area is 236 Å². The van der Waals surface area contributed by atoms with Crippen LogP contribution in [0.2, 0.25) is 0 Å². The molecule has 10 N–H and O–H groups in total. The Hall–Kier alpha value is -3.35. The van der Waals surface area contributed by atoms with E-state index in [-0.39, 0.29) is 17.1 Å². The molecule has 0 amide bonds. The number of aliphatic hydroxyl groups is 7. The Kier molecular flexibility index (Phi) is 8.41. The molecule has 15 heteroatoms. The topological polar surface area (TPSA) is 260 Å². The third-order valence-corrected chi connectivity index (χ3v) is 7.45. The van der Waals surface area contributed by atoms with Gasteiger partial charge in [-0.25, -0.2) is 0 Å². The molecule has 0 unspecified atom stereocenters. The maximum atomic E-state index is 13.1. The predicted molar refractivity (Wildman–Crippen MR) is 138 cm³/mol. The minimum absolute atomic E-state index is 0.0247. The number of phenols is 3. The van der Waals surface area contributed by atoms with E-state index in [1.165, 1.54) is 24.3 Å². The number of aromatic hydroxyl groups is 3. The quantitative estimate of drug-likeness (QED) is 0.147. The summed E-state index contributed by atoms with van der Waals surface area (Å²) in [5.74, 6) is -1.53. The van der Waals surface area contributed by atoms with Crippen molar-refractivity contribution < 1.29 is 69.7 Å². The fourth-order valence-corrected chi connectivity index (χ4v) is 5.16. The number of hydrogen-bond donors (Lipinski definition) is 10. The number of hydrogen-bond acceptors (Lipinski definition) is 15. The highest BCUT2D eigenvalue weighted by Gasteiger charge is 2.52. The molecule has 0 aliphatic carbocycles. The van der Waals surface area contributed by atoms with Crippen molar-refractivity contribution in [1.29, 1.82) is 0 Å². The molecule has 10 atom stereocenters. The van der Waals surface area contributed by atoms with Gasteiger partial charge in [0.15, 0.2) is 11.7 Å². The molecule has 5 rings (SSSR count). The third kappa shape index (κ3) is 5.20. The average Bonchev–Trinajstić information content (AvgIpc) is 2.96. The molecular formula is C27H30O15. The predicted octanol–water partition coefficient (Wildman–Crippen LogP) is -2.08. The molecule has 2 aliphatic heterocycles. The van der Waals surface area contributed by atoms with Gasteiger partial charge in [0.05, 0.1) is 18.8 Å². The van der Waals surface area contributed by atoms with Crippen molar-refractivity contribution >= 4 is 11.0 Å². The lowest BCUT2D eigenvalue weighted by atomic mass is 9.89. The zero-order valence-electron chi connectivity index (χ0n) is 21.7. The van der Waals surface area contributed by atoms with Crippen LogP contribution in [0.3, 0.4) is 0 Å². The maximum absolute atomic E-state index is 13.1. The van der Waals surface area contributed by atoms with Crippen LogP contribution in [0.25, 0.3) is 22.3 Å². The number of rotatable bonds is 6. The Morgan fingerprint density at radius 1 is 0.762 bits per heavy atom. The molecule has 1 aromatic heterocycles. The first-order chi connectivity index (χ1) is 20.0. The number of benzene rings is 2. The summed E-state index contributed by atoms with van der Waals surface area (Å²) in [7, 11) is 0. The second-order valence-corrected chi connectivity index (χ2v) is 10.1. The van der Waals surface area contributed by atoms with Crippen LogP contribution in [0.15, 0.2) is 45.6 Å². The highest BCUT2D eigenvalue weighted by Crippen LogP contribution is 2.46. The summed E-state index contributed by atoms with van der Waals surface area (Å²) in [4.78, 5) is 13.1. The lowest BCUT2D eigenvalue weighted by molar-refractivity contribution is -0.342. The molecule has 0 bridgehead atoms. The second kappa shape index (κ2) is 11.7. The van der Waals surface area contributed by atoms with E-state index in [9.17, 15) is 55.9 Å². The molecular weight excluding hydrogens is 564 g/mol. The van der Waals surface area contributed by atoms with E-state index in [2.05, 4.69) is 0 Å². The van der Waals surface area contributed by atoms with Gasteiger partial charge < -0.3 is 69.7 Å². The molecule has 42 heavy (non-hydrogen) atoms. The SMILES string of the molecule is O=c1cc(-c2ccc(O)cc2)oc2cc(O)c([C@@H]3O[C@@H](CO)[C@@H](O)[C@H](O)[C@H]3O[C@@H]3O[C@@H](CO)[C@@H](O)[C@H](O)[C@@H]3O)c(O)c12. The van der Waals surface area contributed by atoms with Crippen LogP contribution in [0.5, 0.6) is 17.2 Å². The van der Waals surface area contributed by atoms with Crippen LogP contribution in [0.1, 0.15) is 11.7 Å². The van der Waals surface area contributed by atoms with Gasteiger partial charge in [-0.2, -0.15) is 0 Å². The molecule has 15 nitrogen and oxygen atoms in total. The normalized spacial score (nSPS) is 33.6. The molecule has 2 aromatic carbocycles. The van der Waals surface area contributed by atoms with E-state index in [0.29, 0.717) is 5.56 Å². The molecule has 0 spiro atoms. The maximum Gasteiger partial charge on any atom is 0.197 e. The number of phenolic OH excluding ortho intramolecular Hbond substituents is 3. The zero-order chi connectivity index (χ0) is 30.5. The fraction of sp³-hybridized carbons (Fsp3) is 0.444. The number of ether oxygens (including phenoxy) is 3. The fourth-order valence-electron chi connectivity index (χ4n) is 5.16. The summed E-state index contributed by atoms with van der Waals surface area (Å²) < 4.78 is 22.4. The summed E-state index contributed by atoms with van der Waals surface area (Å²) in [5, 5.41) is 103. The monoisotopic (exact) mass is 594 g/mol. The second-order valence-electron chi connectivity index (χ2n) is 10.1. The highest BCUT2D eigenvalue weighted by molar-refractivity contribution is 5.88. The van der Waals surface area contributed by atoms with E-state index in [1.54, 1.807) is 0 Å². The smallest absolute Gasteiger partial charge is 0.197 e. The van der Waals surface area contributed by atoms with Crippen LogP contribution < -0.4 is 5.43 Å². The largest absolute Gasteiger partial charge is 0.508 e. The van der Waals surface area contributed by atoms with Crippen molar-refractivity contribution in [3.8, 4) is 28.6 Å². The van der Waals surface area contributed by atoms with Crippen molar-refractivity contribution in [3.63, 3.8) is 0 Å². The minimum atomic E-state index is -1.92. The Morgan fingerprint density at radius 3 is 2.02 bits per heavy atom. The van der Waals surface area contributed by atoms with Crippen molar-refractivity contribution in [3.05, 3.63) is 52.2 Å². The third-order valence-electron chi connectivity index (χ3n) is 7.45. The van der Waals surface area contributed by atoms with Crippen LogP contribution >= 0.6 is 0 Å².